The lowest BCUT2D eigenvalue weighted by Crippen LogP contribution is -2.28. The summed E-state index contributed by atoms with van der Waals surface area (Å²) in [5.74, 6) is 0.0859. The van der Waals surface area contributed by atoms with Crippen LogP contribution >= 0.6 is 35.6 Å². The summed E-state index contributed by atoms with van der Waals surface area (Å²) >= 11 is 12.5. The van der Waals surface area contributed by atoms with Crippen LogP contribution < -0.4 is 5.32 Å². The number of carbonyl (C=O) groups is 1. The third-order valence-corrected chi connectivity index (χ3v) is 4.56. The van der Waals surface area contributed by atoms with Gasteiger partial charge in [-0.3, -0.25) is 4.79 Å². The highest BCUT2D eigenvalue weighted by Gasteiger charge is 2.10. The zero-order valence-electron chi connectivity index (χ0n) is 11.9. The number of hydrogen-bond acceptors (Lipinski definition) is 4. The van der Waals surface area contributed by atoms with Crippen LogP contribution in [0.5, 0.6) is 0 Å². The Bertz CT molecular complexity index is 568. The Morgan fingerprint density at radius 2 is 2.14 bits per heavy atom. The van der Waals surface area contributed by atoms with Crippen LogP contribution in [0.4, 0.5) is 5.69 Å². The summed E-state index contributed by atoms with van der Waals surface area (Å²) in [6.45, 7) is 5.70. The van der Waals surface area contributed by atoms with E-state index in [9.17, 15) is 4.79 Å². The molecular formula is C14H16ClN3OS2. The molecule has 0 bridgehead atoms. The number of halogens is 1. The molecule has 0 atom stereocenters. The molecule has 112 valence electrons. The van der Waals surface area contributed by atoms with Crippen molar-refractivity contribution < 1.29 is 4.79 Å². The predicted octanol–water partition coefficient (Wildman–Crippen LogP) is 3.51. The minimum absolute atomic E-state index is 0.157. The van der Waals surface area contributed by atoms with Crippen molar-refractivity contribution >= 4 is 51.5 Å². The molecule has 21 heavy (non-hydrogen) atoms. The smallest absolute Gasteiger partial charge is 0.234 e. The van der Waals surface area contributed by atoms with Crippen LogP contribution in [0, 0.1) is 11.3 Å². The van der Waals surface area contributed by atoms with E-state index in [1.807, 2.05) is 24.8 Å². The molecule has 1 amide bonds. The Labute approximate surface area is 139 Å². The molecule has 0 unspecified atom stereocenters. The van der Waals surface area contributed by atoms with Gasteiger partial charge in [0.05, 0.1) is 16.3 Å². The molecule has 0 fully saturated rings. The van der Waals surface area contributed by atoms with Crippen molar-refractivity contribution in [3.8, 4) is 6.07 Å². The highest BCUT2D eigenvalue weighted by Crippen LogP contribution is 2.20. The van der Waals surface area contributed by atoms with Gasteiger partial charge in [-0.1, -0.05) is 35.6 Å². The molecule has 1 N–H and O–H groups in total. The maximum absolute atomic E-state index is 11.9. The number of amides is 1. The topological polar surface area (TPSA) is 56.1 Å². The number of rotatable bonds is 5. The molecule has 0 aliphatic heterocycles. The van der Waals surface area contributed by atoms with Crippen LogP contribution in [-0.2, 0) is 4.79 Å². The lowest BCUT2D eigenvalue weighted by Gasteiger charge is -2.20. The van der Waals surface area contributed by atoms with E-state index in [2.05, 4.69) is 5.32 Å². The Kier molecular flexibility index (Phi) is 7.51. The summed E-state index contributed by atoms with van der Waals surface area (Å²) in [6.07, 6.45) is 0. The molecule has 0 saturated carbocycles. The molecule has 0 heterocycles. The maximum Gasteiger partial charge on any atom is 0.234 e. The van der Waals surface area contributed by atoms with Crippen LogP contribution in [0.3, 0.4) is 0 Å². The van der Waals surface area contributed by atoms with Gasteiger partial charge in [0.1, 0.15) is 10.4 Å². The molecule has 0 aromatic heterocycles. The second-order valence-electron chi connectivity index (χ2n) is 4.08. The minimum Gasteiger partial charge on any atom is -0.358 e. The Morgan fingerprint density at radius 1 is 1.48 bits per heavy atom. The highest BCUT2D eigenvalue weighted by molar-refractivity contribution is 8.23. The van der Waals surface area contributed by atoms with Gasteiger partial charge in [0.15, 0.2) is 0 Å². The van der Waals surface area contributed by atoms with E-state index < -0.39 is 0 Å². The zero-order chi connectivity index (χ0) is 15.8. The van der Waals surface area contributed by atoms with Crippen molar-refractivity contribution in [2.24, 2.45) is 0 Å². The van der Waals surface area contributed by atoms with Gasteiger partial charge in [0.2, 0.25) is 5.91 Å². The van der Waals surface area contributed by atoms with Gasteiger partial charge >= 0.3 is 0 Å². The van der Waals surface area contributed by atoms with E-state index in [0.29, 0.717) is 20.6 Å². The summed E-state index contributed by atoms with van der Waals surface area (Å²) in [7, 11) is 0. The van der Waals surface area contributed by atoms with Crippen molar-refractivity contribution in [1.82, 2.24) is 4.90 Å². The Morgan fingerprint density at radius 3 is 2.67 bits per heavy atom. The second kappa shape index (κ2) is 8.88. The molecule has 0 saturated heterocycles. The molecule has 4 nitrogen and oxygen atoms in total. The zero-order valence-corrected chi connectivity index (χ0v) is 14.2. The molecule has 1 aromatic carbocycles. The first-order valence-corrected chi connectivity index (χ1v) is 8.20. The van der Waals surface area contributed by atoms with Gasteiger partial charge < -0.3 is 10.2 Å². The van der Waals surface area contributed by atoms with Crippen LogP contribution in [0.25, 0.3) is 0 Å². The summed E-state index contributed by atoms with van der Waals surface area (Å²) < 4.78 is 0.716. The van der Waals surface area contributed by atoms with Crippen molar-refractivity contribution in [3.05, 3.63) is 28.8 Å². The van der Waals surface area contributed by atoms with Gasteiger partial charge in [-0.05, 0) is 32.0 Å². The first kappa shape index (κ1) is 17.8. The normalized spacial score (nSPS) is 9.81. The monoisotopic (exact) mass is 341 g/mol. The first-order valence-electron chi connectivity index (χ1n) is 6.43. The Balaban J connectivity index is 2.53. The average Bonchev–Trinajstić information content (AvgIpc) is 2.46. The number of benzene rings is 1. The molecular weight excluding hydrogens is 326 g/mol. The molecule has 7 heteroatoms. The summed E-state index contributed by atoms with van der Waals surface area (Å²) in [4.78, 5) is 13.9. The Hall–Kier alpha value is -1.29. The van der Waals surface area contributed by atoms with Gasteiger partial charge in [-0.25, -0.2) is 0 Å². The third-order valence-electron chi connectivity index (χ3n) is 2.72. The molecule has 1 rings (SSSR count). The third kappa shape index (κ3) is 5.54. The van der Waals surface area contributed by atoms with Gasteiger partial charge in [0.25, 0.3) is 0 Å². The molecule has 0 aliphatic rings. The number of thiocarbonyl (C=S) groups is 1. The quantitative estimate of drug-likeness (QED) is 0.830. The predicted molar refractivity (Wildman–Crippen MR) is 92.8 cm³/mol. The van der Waals surface area contributed by atoms with Crippen molar-refractivity contribution in [3.63, 3.8) is 0 Å². The molecule has 1 aromatic rings. The number of nitrogens with one attached hydrogen (secondary N) is 1. The number of nitriles is 1. The fourth-order valence-corrected chi connectivity index (χ4v) is 3.01. The van der Waals surface area contributed by atoms with Crippen LogP contribution in [0.15, 0.2) is 18.2 Å². The average molecular weight is 342 g/mol. The van der Waals surface area contributed by atoms with Crippen LogP contribution in [0.2, 0.25) is 5.02 Å². The fourth-order valence-electron chi connectivity index (χ4n) is 1.58. The summed E-state index contributed by atoms with van der Waals surface area (Å²) in [6, 6.07) is 6.75. The van der Waals surface area contributed by atoms with E-state index in [0.717, 1.165) is 13.1 Å². The van der Waals surface area contributed by atoms with Crippen molar-refractivity contribution in [1.29, 1.82) is 5.26 Å². The van der Waals surface area contributed by atoms with Crippen LogP contribution in [-0.4, -0.2) is 34.0 Å². The van der Waals surface area contributed by atoms with E-state index in [1.54, 1.807) is 18.2 Å². The van der Waals surface area contributed by atoms with E-state index in [-0.39, 0.29) is 11.7 Å². The maximum atomic E-state index is 11.9. The molecule has 0 spiro atoms. The lowest BCUT2D eigenvalue weighted by atomic mass is 10.2. The molecule has 0 aliphatic carbocycles. The SMILES string of the molecule is CCN(CC)C(=S)SCC(=O)Nc1ccc(C#N)c(Cl)c1. The van der Waals surface area contributed by atoms with Crippen molar-refractivity contribution in [2.75, 3.05) is 24.2 Å². The van der Waals surface area contributed by atoms with Crippen LogP contribution in [0.1, 0.15) is 19.4 Å². The minimum atomic E-state index is -0.157. The largest absolute Gasteiger partial charge is 0.358 e. The van der Waals surface area contributed by atoms with E-state index in [1.165, 1.54) is 11.8 Å². The fraction of sp³-hybridized carbons (Fsp3) is 0.357. The van der Waals surface area contributed by atoms with E-state index in [4.69, 9.17) is 29.1 Å². The van der Waals surface area contributed by atoms with Crippen molar-refractivity contribution in [2.45, 2.75) is 13.8 Å². The molecule has 0 radical (unpaired) electrons. The summed E-state index contributed by atoms with van der Waals surface area (Å²) in [5.41, 5.74) is 0.949. The number of hydrogen-bond donors (Lipinski definition) is 1. The standard InChI is InChI=1S/C14H16ClN3OS2/c1-3-18(4-2)14(20)21-9-13(19)17-11-6-5-10(8-16)12(15)7-11/h5-7H,3-4,9H2,1-2H3,(H,17,19). The van der Waals surface area contributed by atoms with E-state index >= 15 is 0 Å². The number of nitrogens with zero attached hydrogens (tertiary/aromatic N) is 2. The highest BCUT2D eigenvalue weighted by atomic mass is 35.5. The lowest BCUT2D eigenvalue weighted by molar-refractivity contribution is -0.113. The second-order valence-corrected chi connectivity index (χ2v) is 6.10. The summed E-state index contributed by atoms with van der Waals surface area (Å²) in [5, 5.41) is 11.8. The van der Waals surface area contributed by atoms with Gasteiger partial charge in [-0.15, -0.1) is 0 Å². The number of anilines is 1. The van der Waals surface area contributed by atoms with Gasteiger partial charge in [-0.2, -0.15) is 5.26 Å². The van der Waals surface area contributed by atoms with Gasteiger partial charge in [0, 0.05) is 18.8 Å². The number of thioether (sulfide) groups is 1. The number of carbonyl (C=O) groups excluding carboxylic acids is 1. The first-order chi connectivity index (χ1) is 10.0.